The first kappa shape index (κ1) is 20.1. The molecule has 0 spiro atoms. The maximum absolute atomic E-state index is 9.88. The molecule has 0 aliphatic carbocycles. The Morgan fingerprint density at radius 3 is 2.60 bits per heavy atom. The van der Waals surface area contributed by atoms with Crippen LogP contribution in [-0.2, 0) is 0 Å². The molecule has 1 aliphatic rings. The molecule has 0 amide bonds. The molecular weight excluding hydrogens is 444 g/mol. The van der Waals surface area contributed by atoms with Gasteiger partial charge in [0, 0.05) is 10.9 Å². The first-order valence-corrected chi connectivity index (χ1v) is 10.6. The third kappa shape index (κ3) is 3.35. The molecule has 3 aromatic rings. The monoisotopic (exact) mass is 464 g/mol. The van der Waals surface area contributed by atoms with Gasteiger partial charge >= 0.3 is 0 Å². The zero-order valence-corrected chi connectivity index (χ0v) is 18.3. The molecule has 0 bridgehead atoms. The topological polar surface area (TPSA) is 77.5 Å². The van der Waals surface area contributed by atoms with Gasteiger partial charge in [0.05, 0.1) is 23.6 Å². The van der Waals surface area contributed by atoms with Gasteiger partial charge in [-0.3, -0.25) is 0 Å². The van der Waals surface area contributed by atoms with Gasteiger partial charge in [-0.25, -0.2) is 0 Å². The van der Waals surface area contributed by atoms with Gasteiger partial charge in [-0.05, 0) is 52.9 Å². The molecule has 0 fully saturated rings. The van der Waals surface area contributed by atoms with Gasteiger partial charge in [0.2, 0.25) is 5.88 Å². The van der Waals surface area contributed by atoms with E-state index in [0.29, 0.717) is 36.0 Å². The molecule has 3 aromatic carbocycles. The Morgan fingerprint density at radius 2 is 1.87 bits per heavy atom. The maximum Gasteiger partial charge on any atom is 0.205 e. The molecule has 5 nitrogen and oxygen atoms in total. The van der Waals surface area contributed by atoms with Crippen LogP contribution >= 0.6 is 15.9 Å². The molecule has 1 heterocycles. The largest absolute Gasteiger partial charge is 0.490 e. The van der Waals surface area contributed by atoms with Gasteiger partial charge in [-0.2, -0.15) is 5.26 Å². The SMILES string of the molecule is CCOc1cc([C@@H]2C(C#N)=C(N)Oc3c2ccc2ccccc32)cc(Br)c1OCC. The lowest BCUT2D eigenvalue weighted by Crippen LogP contribution is -2.21. The Kier molecular flexibility index (Phi) is 5.56. The molecule has 0 radical (unpaired) electrons. The third-order valence-electron chi connectivity index (χ3n) is 5.06. The molecule has 0 saturated carbocycles. The van der Waals surface area contributed by atoms with Crippen LogP contribution in [0, 0.1) is 11.3 Å². The number of nitrogens with two attached hydrogens (primary N) is 1. The summed E-state index contributed by atoms with van der Waals surface area (Å²) in [7, 11) is 0. The predicted molar refractivity (Wildman–Crippen MR) is 120 cm³/mol. The van der Waals surface area contributed by atoms with Crippen molar-refractivity contribution in [2.45, 2.75) is 19.8 Å². The van der Waals surface area contributed by atoms with E-state index in [0.717, 1.165) is 26.4 Å². The number of fused-ring (bicyclic) bond motifs is 3. The predicted octanol–water partition coefficient (Wildman–Crippen LogP) is 5.62. The molecule has 1 aliphatic heterocycles. The van der Waals surface area contributed by atoms with Gasteiger partial charge < -0.3 is 19.9 Å². The molecule has 0 aromatic heterocycles. The van der Waals surface area contributed by atoms with E-state index in [-0.39, 0.29) is 11.8 Å². The van der Waals surface area contributed by atoms with Crippen LogP contribution in [0.4, 0.5) is 0 Å². The molecule has 6 heteroatoms. The lowest BCUT2D eigenvalue weighted by atomic mass is 9.82. The Bertz CT molecular complexity index is 1200. The van der Waals surface area contributed by atoms with Crippen LogP contribution in [0.25, 0.3) is 10.8 Å². The third-order valence-corrected chi connectivity index (χ3v) is 5.65. The van der Waals surface area contributed by atoms with Crippen LogP contribution < -0.4 is 19.9 Å². The lowest BCUT2D eigenvalue weighted by Gasteiger charge is -2.28. The van der Waals surface area contributed by atoms with Crippen LogP contribution in [0.1, 0.15) is 30.9 Å². The summed E-state index contributed by atoms with van der Waals surface area (Å²) in [5.74, 6) is 1.68. The van der Waals surface area contributed by atoms with Crippen molar-refractivity contribution in [3.63, 3.8) is 0 Å². The van der Waals surface area contributed by atoms with Gasteiger partial charge in [-0.15, -0.1) is 0 Å². The summed E-state index contributed by atoms with van der Waals surface area (Å²) >= 11 is 3.61. The van der Waals surface area contributed by atoms with Crippen LogP contribution in [0.15, 0.2) is 64.5 Å². The van der Waals surface area contributed by atoms with E-state index in [9.17, 15) is 5.26 Å². The number of allylic oxidation sites excluding steroid dienone is 1. The summed E-state index contributed by atoms with van der Waals surface area (Å²) in [5.41, 5.74) is 8.33. The van der Waals surface area contributed by atoms with Gasteiger partial charge in [0.1, 0.15) is 17.4 Å². The highest BCUT2D eigenvalue weighted by Gasteiger charge is 2.32. The first-order chi connectivity index (χ1) is 14.6. The van der Waals surface area contributed by atoms with Crippen molar-refractivity contribution in [3.8, 4) is 23.3 Å². The number of nitriles is 1. The van der Waals surface area contributed by atoms with Crippen LogP contribution in [0.5, 0.6) is 17.2 Å². The highest BCUT2D eigenvalue weighted by molar-refractivity contribution is 9.10. The fraction of sp³-hybridized carbons (Fsp3) is 0.208. The summed E-state index contributed by atoms with van der Waals surface area (Å²) < 4.78 is 18.3. The highest BCUT2D eigenvalue weighted by atomic mass is 79.9. The summed E-state index contributed by atoms with van der Waals surface area (Å²) in [6.07, 6.45) is 0. The number of halogens is 1. The summed E-state index contributed by atoms with van der Waals surface area (Å²) in [4.78, 5) is 0. The maximum atomic E-state index is 9.88. The van der Waals surface area contributed by atoms with E-state index in [1.165, 1.54) is 0 Å². The van der Waals surface area contributed by atoms with Gasteiger partial charge in [-0.1, -0.05) is 36.4 Å². The van der Waals surface area contributed by atoms with E-state index in [2.05, 4.69) is 22.0 Å². The van der Waals surface area contributed by atoms with E-state index in [4.69, 9.17) is 19.9 Å². The minimum absolute atomic E-state index is 0.120. The van der Waals surface area contributed by atoms with Crippen LogP contribution in [-0.4, -0.2) is 13.2 Å². The standard InChI is InChI=1S/C24H21BrN2O3/c1-3-28-20-12-15(11-19(25)23(20)29-4-2)21-17-10-9-14-7-5-6-8-16(14)22(17)30-24(27)18(21)13-26/h5-12,21H,3-4,27H2,1-2H3/t21-/m0/s1. The highest BCUT2D eigenvalue weighted by Crippen LogP contribution is 2.48. The first-order valence-electron chi connectivity index (χ1n) is 9.77. The second-order valence-corrected chi connectivity index (χ2v) is 7.68. The molecule has 1 atom stereocenters. The molecule has 152 valence electrons. The number of ether oxygens (including phenoxy) is 3. The zero-order valence-electron chi connectivity index (χ0n) is 16.7. The summed E-state index contributed by atoms with van der Waals surface area (Å²) in [6, 6.07) is 18.1. The molecule has 0 unspecified atom stereocenters. The second kappa shape index (κ2) is 8.29. The van der Waals surface area contributed by atoms with E-state index >= 15 is 0 Å². The van der Waals surface area contributed by atoms with Gasteiger partial charge in [0.25, 0.3) is 0 Å². The van der Waals surface area contributed by atoms with Gasteiger partial charge in [0.15, 0.2) is 11.5 Å². The minimum atomic E-state index is -0.380. The number of nitrogens with zero attached hydrogens (tertiary/aromatic N) is 1. The number of benzene rings is 3. The van der Waals surface area contributed by atoms with E-state index < -0.39 is 0 Å². The number of hydrogen-bond acceptors (Lipinski definition) is 5. The Hall–Kier alpha value is -3.17. The van der Waals surface area contributed by atoms with Crippen molar-refractivity contribution in [1.82, 2.24) is 0 Å². The van der Waals surface area contributed by atoms with Crippen molar-refractivity contribution in [1.29, 1.82) is 5.26 Å². The normalized spacial score (nSPS) is 15.3. The quantitative estimate of drug-likeness (QED) is 0.530. The minimum Gasteiger partial charge on any atom is -0.490 e. The number of hydrogen-bond donors (Lipinski definition) is 1. The average Bonchev–Trinajstić information content (AvgIpc) is 2.75. The smallest absolute Gasteiger partial charge is 0.205 e. The fourth-order valence-electron chi connectivity index (χ4n) is 3.83. The van der Waals surface area contributed by atoms with E-state index in [1.807, 2.05) is 62.4 Å². The van der Waals surface area contributed by atoms with Crippen molar-refractivity contribution >= 4 is 26.7 Å². The fourth-order valence-corrected chi connectivity index (χ4v) is 4.41. The second-order valence-electron chi connectivity index (χ2n) is 6.83. The zero-order chi connectivity index (χ0) is 21.3. The van der Waals surface area contributed by atoms with Crippen molar-refractivity contribution in [2.75, 3.05) is 13.2 Å². The Labute approximate surface area is 183 Å². The van der Waals surface area contributed by atoms with Crippen LogP contribution in [0.3, 0.4) is 0 Å². The molecular formula is C24H21BrN2O3. The Balaban J connectivity index is 1.96. The van der Waals surface area contributed by atoms with Crippen LogP contribution in [0.2, 0.25) is 0 Å². The molecule has 4 rings (SSSR count). The average molecular weight is 465 g/mol. The van der Waals surface area contributed by atoms with Crippen molar-refractivity contribution < 1.29 is 14.2 Å². The van der Waals surface area contributed by atoms with Crippen molar-refractivity contribution in [3.05, 3.63) is 75.6 Å². The van der Waals surface area contributed by atoms with Crippen molar-refractivity contribution in [2.24, 2.45) is 5.73 Å². The molecule has 30 heavy (non-hydrogen) atoms. The summed E-state index contributed by atoms with van der Waals surface area (Å²) in [6.45, 7) is 4.85. The lowest BCUT2D eigenvalue weighted by molar-refractivity contribution is 0.286. The Morgan fingerprint density at radius 1 is 1.10 bits per heavy atom. The molecule has 2 N–H and O–H groups in total. The summed E-state index contributed by atoms with van der Waals surface area (Å²) in [5, 5.41) is 11.9. The molecule has 0 saturated heterocycles. The number of rotatable bonds is 5. The van der Waals surface area contributed by atoms with E-state index in [1.54, 1.807) is 0 Å².